The van der Waals surface area contributed by atoms with Crippen molar-refractivity contribution in [2.45, 2.75) is 12.8 Å². The summed E-state index contributed by atoms with van der Waals surface area (Å²) in [7, 11) is 0.201. The van der Waals surface area contributed by atoms with Crippen LogP contribution < -0.4 is 11.0 Å². The molecule has 1 aromatic carbocycles. The first-order valence-corrected chi connectivity index (χ1v) is 9.95. The third-order valence-electron chi connectivity index (χ3n) is 4.83. The maximum atomic E-state index is 12.5. The van der Waals surface area contributed by atoms with E-state index < -0.39 is 10.0 Å². The van der Waals surface area contributed by atoms with Crippen molar-refractivity contribution in [3.05, 3.63) is 28.7 Å². The molecule has 1 fully saturated rings. The molecule has 1 N–H and O–H groups in total. The van der Waals surface area contributed by atoms with E-state index in [0.29, 0.717) is 31.6 Å². The first-order valence-electron chi connectivity index (χ1n) is 8.10. The number of aromatic nitrogens is 2. The molecule has 0 radical (unpaired) electrons. The lowest BCUT2D eigenvalue weighted by Crippen LogP contribution is -2.40. The van der Waals surface area contributed by atoms with E-state index in [1.54, 1.807) is 36.9 Å². The molecule has 0 spiro atoms. The van der Waals surface area contributed by atoms with Gasteiger partial charge in [-0.25, -0.2) is 17.5 Å². The summed E-state index contributed by atoms with van der Waals surface area (Å²) in [5.74, 6) is -0.332. The lowest BCUT2D eigenvalue weighted by Gasteiger charge is -2.29. The van der Waals surface area contributed by atoms with E-state index in [4.69, 9.17) is 0 Å². The summed E-state index contributed by atoms with van der Waals surface area (Å²) in [6.07, 6.45) is 2.20. The van der Waals surface area contributed by atoms with E-state index in [9.17, 15) is 18.0 Å². The highest BCUT2D eigenvalue weighted by molar-refractivity contribution is 7.88. The standard InChI is InChI=1S/C16H22N4O4S/c1-18-13-5-4-12(10-14(13)19(2)16(18)22)17-15(21)11-6-8-20(9-7-11)25(3,23)24/h4-5,10-11H,6-9H2,1-3H3,(H,17,21). The van der Waals surface area contributed by atoms with Gasteiger partial charge >= 0.3 is 5.69 Å². The van der Waals surface area contributed by atoms with Crippen LogP contribution in [0.15, 0.2) is 23.0 Å². The number of hydrogen-bond donors (Lipinski definition) is 1. The smallest absolute Gasteiger partial charge is 0.326 e. The summed E-state index contributed by atoms with van der Waals surface area (Å²) in [5, 5.41) is 2.88. The topological polar surface area (TPSA) is 93.4 Å². The molecule has 2 heterocycles. The van der Waals surface area contributed by atoms with E-state index in [0.717, 1.165) is 11.0 Å². The Morgan fingerprint density at radius 3 is 2.32 bits per heavy atom. The van der Waals surface area contributed by atoms with Gasteiger partial charge in [0.05, 0.1) is 17.3 Å². The molecular weight excluding hydrogens is 344 g/mol. The van der Waals surface area contributed by atoms with Crippen LogP contribution in [-0.2, 0) is 28.9 Å². The van der Waals surface area contributed by atoms with Crippen LogP contribution in [0.25, 0.3) is 11.0 Å². The monoisotopic (exact) mass is 366 g/mol. The minimum Gasteiger partial charge on any atom is -0.326 e. The molecule has 0 atom stereocenters. The molecule has 1 aliphatic rings. The number of rotatable bonds is 3. The van der Waals surface area contributed by atoms with Gasteiger partial charge in [-0.05, 0) is 31.0 Å². The van der Waals surface area contributed by atoms with Crippen LogP contribution in [0.1, 0.15) is 12.8 Å². The highest BCUT2D eigenvalue weighted by Gasteiger charge is 2.29. The molecule has 1 aliphatic heterocycles. The highest BCUT2D eigenvalue weighted by Crippen LogP contribution is 2.22. The van der Waals surface area contributed by atoms with E-state index in [-0.39, 0.29) is 17.5 Å². The van der Waals surface area contributed by atoms with Crippen molar-refractivity contribution in [1.29, 1.82) is 0 Å². The summed E-state index contributed by atoms with van der Waals surface area (Å²) >= 11 is 0. The fraction of sp³-hybridized carbons (Fsp3) is 0.500. The van der Waals surface area contributed by atoms with E-state index in [1.807, 2.05) is 0 Å². The summed E-state index contributed by atoms with van der Waals surface area (Å²) in [6.45, 7) is 0.728. The summed E-state index contributed by atoms with van der Waals surface area (Å²) in [6, 6.07) is 5.35. The van der Waals surface area contributed by atoms with Crippen molar-refractivity contribution in [3.63, 3.8) is 0 Å². The third-order valence-corrected chi connectivity index (χ3v) is 6.14. The van der Waals surface area contributed by atoms with Gasteiger partial charge in [0.2, 0.25) is 15.9 Å². The van der Waals surface area contributed by atoms with Crippen molar-refractivity contribution in [2.24, 2.45) is 20.0 Å². The zero-order valence-corrected chi connectivity index (χ0v) is 15.3. The van der Waals surface area contributed by atoms with Crippen LogP contribution in [-0.4, -0.2) is 47.1 Å². The van der Waals surface area contributed by atoms with Crippen LogP contribution in [0.4, 0.5) is 5.69 Å². The Balaban J connectivity index is 1.73. The Labute approximate surface area is 146 Å². The second kappa shape index (κ2) is 6.30. The number of aryl methyl sites for hydroxylation is 2. The lowest BCUT2D eigenvalue weighted by atomic mass is 9.97. The molecule has 1 aromatic heterocycles. The van der Waals surface area contributed by atoms with E-state index in [2.05, 4.69) is 5.32 Å². The fourth-order valence-electron chi connectivity index (χ4n) is 3.28. The Morgan fingerprint density at radius 2 is 1.72 bits per heavy atom. The molecule has 0 saturated carbocycles. The van der Waals surface area contributed by atoms with Gasteiger partial charge in [0.25, 0.3) is 0 Å². The van der Waals surface area contributed by atoms with Crippen LogP contribution in [0.5, 0.6) is 0 Å². The predicted octanol–water partition coefficient (Wildman–Crippen LogP) is 0.487. The highest BCUT2D eigenvalue weighted by atomic mass is 32.2. The van der Waals surface area contributed by atoms with Crippen molar-refractivity contribution in [3.8, 4) is 0 Å². The molecule has 2 aromatic rings. The average molecular weight is 366 g/mol. The second-order valence-electron chi connectivity index (χ2n) is 6.53. The van der Waals surface area contributed by atoms with Crippen LogP contribution in [0.2, 0.25) is 0 Å². The number of anilines is 1. The lowest BCUT2D eigenvalue weighted by molar-refractivity contribution is -0.120. The van der Waals surface area contributed by atoms with E-state index >= 15 is 0 Å². The summed E-state index contributed by atoms with van der Waals surface area (Å²) in [4.78, 5) is 24.4. The number of benzene rings is 1. The normalized spacial score (nSPS) is 17.1. The summed E-state index contributed by atoms with van der Waals surface area (Å²) < 4.78 is 27.6. The number of nitrogens with one attached hydrogen (secondary N) is 1. The molecule has 25 heavy (non-hydrogen) atoms. The second-order valence-corrected chi connectivity index (χ2v) is 8.51. The molecule has 0 bridgehead atoms. The Hall–Kier alpha value is -2.13. The number of carbonyl (C=O) groups excluding carboxylic acids is 1. The number of amides is 1. The number of piperidine rings is 1. The predicted molar refractivity (Wildman–Crippen MR) is 95.9 cm³/mol. The first kappa shape index (κ1) is 17.7. The van der Waals surface area contributed by atoms with Crippen LogP contribution >= 0.6 is 0 Å². The van der Waals surface area contributed by atoms with Crippen molar-refractivity contribution >= 4 is 32.7 Å². The van der Waals surface area contributed by atoms with E-state index in [1.165, 1.54) is 15.1 Å². The number of imidazole rings is 1. The van der Waals surface area contributed by atoms with Gasteiger partial charge in [0, 0.05) is 38.8 Å². The number of nitrogens with zero attached hydrogens (tertiary/aromatic N) is 3. The number of sulfonamides is 1. The number of hydrogen-bond acceptors (Lipinski definition) is 4. The van der Waals surface area contributed by atoms with Crippen molar-refractivity contribution in [2.75, 3.05) is 24.7 Å². The SMILES string of the molecule is Cn1c(=O)n(C)c2cc(NC(=O)C3CCN(S(C)(=O)=O)CC3)ccc21. The molecule has 1 amide bonds. The van der Waals surface area contributed by atoms with Crippen molar-refractivity contribution < 1.29 is 13.2 Å². The van der Waals surface area contributed by atoms with Gasteiger partial charge in [0.1, 0.15) is 0 Å². The maximum Gasteiger partial charge on any atom is 0.328 e. The Bertz CT molecular complexity index is 981. The zero-order chi connectivity index (χ0) is 18.4. The molecular formula is C16H22N4O4S. The minimum atomic E-state index is -3.20. The first-order chi connectivity index (χ1) is 11.7. The minimum absolute atomic E-state index is 0.117. The van der Waals surface area contributed by atoms with Gasteiger partial charge in [-0.3, -0.25) is 13.9 Å². The molecule has 0 unspecified atom stereocenters. The van der Waals surface area contributed by atoms with Crippen LogP contribution in [0, 0.1) is 5.92 Å². The van der Waals surface area contributed by atoms with Gasteiger partial charge in [-0.1, -0.05) is 0 Å². The number of carbonyl (C=O) groups is 1. The zero-order valence-electron chi connectivity index (χ0n) is 14.5. The molecule has 9 heteroatoms. The van der Waals surface area contributed by atoms with Gasteiger partial charge in [-0.15, -0.1) is 0 Å². The maximum absolute atomic E-state index is 12.5. The molecule has 1 saturated heterocycles. The third kappa shape index (κ3) is 3.34. The summed E-state index contributed by atoms with van der Waals surface area (Å²) in [5.41, 5.74) is 2.06. The average Bonchev–Trinajstić information content (AvgIpc) is 2.78. The molecule has 8 nitrogen and oxygen atoms in total. The number of fused-ring (bicyclic) bond motifs is 1. The van der Waals surface area contributed by atoms with Gasteiger partial charge < -0.3 is 5.32 Å². The fourth-order valence-corrected chi connectivity index (χ4v) is 4.15. The molecule has 0 aliphatic carbocycles. The molecule has 3 rings (SSSR count). The largest absolute Gasteiger partial charge is 0.328 e. The quantitative estimate of drug-likeness (QED) is 0.855. The molecule has 136 valence electrons. The van der Waals surface area contributed by atoms with Crippen LogP contribution in [0.3, 0.4) is 0 Å². The Morgan fingerprint density at radius 1 is 1.12 bits per heavy atom. The van der Waals surface area contributed by atoms with Gasteiger partial charge in [0.15, 0.2) is 0 Å². The van der Waals surface area contributed by atoms with Gasteiger partial charge in [-0.2, -0.15) is 0 Å². The van der Waals surface area contributed by atoms with Crippen molar-refractivity contribution in [1.82, 2.24) is 13.4 Å². The Kier molecular flexibility index (Phi) is 4.46.